The molecule has 1 aromatic rings. The van der Waals surface area contributed by atoms with Crippen LogP contribution < -0.4 is 20.1 Å². The first-order valence-corrected chi connectivity index (χ1v) is 9.66. The molecule has 0 spiro atoms. The Hall–Kier alpha value is -1.17. The smallest absolute Gasteiger partial charge is 0.220 e. The molecule has 144 valence electrons. The molecule has 3 aliphatic heterocycles. The number of carbonyl (C=O) groups is 1. The van der Waals surface area contributed by atoms with Gasteiger partial charge >= 0.3 is 0 Å². The van der Waals surface area contributed by atoms with E-state index in [1.54, 1.807) is 0 Å². The molecule has 7 heteroatoms. The van der Waals surface area contributed by atoms with Crippen LogP contribution in [0.2, 0.25) is 5.02 Å². The molecule has 2 unspecified atom stereocenters. The van der Waals surface area contributed by atoms with Crippen LogP contribution in [-0.4, -0.2) is 37.7 Å². The van der Waals surface area contributed by atoms with Gasteiger partial charge in [0.15, 0.2) is 11.5 Å². The van der Waals surface area contributed by atoms with Crippen LogP contribution in [0.5, 0.6) is 11.5 Å². The summed E-state index contributed by atoms with van der Waals surface area (Å²) in [7, 11) is 0. The SMILES string of the molecule is Cl.O=C(CC1CC2CCC(C1)N2)NCCc1cc(Cl)c2c(c1)OCCO2. The number of halogens is 2. The Bertz CT molecular complexity index is 644. The van der Waals surface area contributed by atoms with Gasteiger partial charge in [-0.05, 0) is 55.7 Å². The predicted octanol–water partition coefficient (Wildman–Crippen LogP) is 3.11. The van der Waals surface area contributed by atoms with E-state index >= 15 is 0 Å². The summed E-state index contributed by atoms with van der Waals surface area (Å²) in [4.78, 5) is 12.2. The fourth-order valence-corrected chi connectivity index (χ4v) is 4.62. The van der Waals surface area contributed by atoms with Crippen molar-refractivity contribution in [2.24, 2.45) is 5.92 Å². The van der Waals surface area contributed by atoms with E-state index in [1.807, 2.05) is 12.1 Å². The molecule has 2 N–H and O–H groups in total. The zero-order valence-electron chi connectivity index (χ0n) is 14.8. The van der Waals surface area contributed by atoms with Gasteiger partial charge in [0.2, 0.25) is 5.91 Å². The van der Waals surface area contributed by atoms with Crippen LogP contribution in [0, 0.1) is 5.92 Å². The van der Waals surface area contributed by atoms with Gasteiger partial charge in [0, 0.05) is 25.0 Å². The molecule has 3 heterocycles. The van der Waals surface area contributed by atoms with E-state index < -0.39 is 0 Å². The summed E-state index contributed by atoms with van der Waals surface area (Å²) in [6.45, 7) is 1.69. The first-order valence-electron chi connectivity index (χ1n) is 9.28. The second-order valence-electron chi connectivity index (χ2n) is 7.38. The number of ether oxygens (including phenoxy) is 2. The Kier molecular flexibility index (Phi) is 6.54. The van der Waals surface area contributed by atoms with E-state index in [2.05, 4.69) is 10.6 Å². The minimum absolute atomic E-state index is 0. The van der Waals surface area contributed by atoms with E-state index in [-0.39, 0.29) is 18.3 Å². The average Bonchev–Trinajstić information content (AvgIpc) is 2.93. The van der Waals surface area contributed by atoms with Crippen molar-refractivity contribution >= 4 is 29.9 Å². The molecule has 3 aliphatic rings. The maximum Gasteiger partial charge on any atom is 0.220 e. The molecular formula is C19H26Cl2N2O3. The van der Waals surface area contributed by atoms with Crippen LogP contribution in [0.25, 0.3) is 0 Å². The summed E-state index contributed by atoms with van der Waals surface area (Å²) >= 11 is 6.25. The Morgan fingerprint density at radius 2 is 1.92 bits per heavy atom. The van der Waals surface area contributed by atoms with E-state index in [0.29, 0.717) is 60.7 Å². The highest BCUT2D eigenvalue weighted by Crippen LogP contribution is 2.38. The first kappa shape index (κ1) is 19.6. The summed E-state index contributed by atoms with van der Waals surface area (Å²) in [6.07, 6.45) is 6.21. The summed E-state index contributed by atoms with van der Waals surface area (Å²) < 4.78 is 11.1. The fourth-order valence-electron chi connectivity index (χ4n) is 4.33. The van der Waals surface area contributed by atoms with Gasteiger partial charge in [-0.15, -0.1) is 12.4 Å². The standard InChI is InChI=1S/C19H25ClN2O3.ClH/c20-16-9-12(10-17-19(16)25-6-5-24-17)3-4-21-18(23)11-13-7-14-1-2-15(8-13)22-14;/h9-10,13-15,22H,1-8,11H2,(H,21,23);1H. The van der Waals surface area contributed by atoms with Crippen molar-refractivity contribution in [1.29, 1.82) is 0 Å². The Morgan fingerprint density at radius 1 is 1.19 bits per heavy atom. The topological polar surface area (TPSA) is 59.6 Å². The van der Waals surface area contributed by atoms with Crippen molar-refractivity contribution < 1.29 is 14.3 Å². The van der Waals surface area contributed by atoms with Crippen molar-refractivity contribution in [3.05, 3.63) is 22.7 Å². The van der Waals surface area contributed by atoms with E-state index in [9.17, 15) is 4.79 Å². The van der Waals surface area contributed by atoms with E-state index in [4.69, 9.17) is 21.1 Å². The zero-order valence-corrected chi connectivity index (χ0v) is 16.3. The van der Waals surface area contributed by atoms with Gasteiger partial charge in [-0.3, -0.25) is 4.79 Å². The quantitative estimate of drug-likeness (QED) is 0.796. The molecular weight excluding hydrogens is 375 g/mol. The first-order chi connectivity index (χ1) is 12.2. The van der Waals surface area contributed by atoms with Gasteiger partial charge in [0.25, 0.3) is 0 Å². The lowest BCUT2D eigenvalue weighted by Crippen LogP contribution is -2.39. The van der Waals surface area contributed by atoms with E-state index in [0.717, 1.165) is 24.8 Å². The summed E-state index contributed by atoms with van der Waals surface area (Å²) in [5.74, 6) is 2.02. The van der Waals surface area contributed by atoms with Crippen molar-refractivity contribution in [3.8, 4) is 11.5 Å². The third kappa shape index (κ3) is 4.56. The number of hydrogen-bond donors (Lipinski definition) is 2. The highest BCUT2D eigenvalue weighted by atomic mass is 35.5. The van der Waals surface area contributed by atoms with Crippen LogP contribution in [0.15, 0.2) is 12.1 Å². The Morgan fingerprint density at radius 3 is 2.69 bits per heavy atom. The van der Waals surface area contributed by atoms with Gasteiger partial charge in [-0.2, -0.15) is 0 Å². The number of amides is 1. The molecule has 1 aromatic carbocycles. The summed E-state index contributed by atoms with van der Waals surface area (Å²) in [5, 5.41) is 7.25. The van der Waals surface area contributed by atoms with Gasteiger partial charge in [0.1, 0.15) is 13.2 Å². The number of nitrogens with one attached hydrogen (secondary N) is 2. The fraction of sp³-hybridized carbons (Fsp3) is 0.632. The van der Waals surface area contributed by atoms with Crippen LogP contribution in [0.3, 0.4) is 0 Å². The second-order valence-corrected chi connectivity index (χ2v) is 7.79. The van der Waals surface area contributed by atoms with Crippen LogP contribution in [0.1, 0.15) is 37.7 Å². The maximum atomic E-state index is 12.2. The Balaban J connectivity index is 0.00000196. The lowest BCUT2D eigenvalue weighted by molar-refractivity contribution is -0.122. The maximum absolute atomic E-state index is 12.2. The minimum atomic E-state index is 0. The molecule has 0 saturated carbocycles. The number of fused-ring (bicyclic) bond motifs is 3. The van der Waals surface area contributed by atoms with Gasteiger partial charge < -0.3 is 20.1 Å². The lowest BCUT2D eigenvalue weighted by atomic mass is 9.89. The molecule has 2 bridgehead atoms. The number of rotatable bonds is 5. The van der Waals surface area contributed by atoms with Crippen molar-refractivity contribution in [3.63, 3.8) is 0 Å². The third-order valence-corrected chi connectivity index (χ3v) is 5.72. The predicted molar refractivity (Wildman–Crippen MR) is 104 cm³/mol. The molecule has 2 fully saturated rings. The van der Waals surface area contributed by atoms with Crippen LogP contribution in [-0.2, 0) is 11.2 Å². The number of piperidine rings is 1. The number of carbonyl (C=O) groups excluding carboxylic acids is 1. The van der Waals surface area contributed by atoms with Crippen LogP contribution >= 0.6 is 24.0 Å². The molecule has 2 saturated heterocycles. The molecule has 5 nitrogen and oxygen atoms in total. The minimum Gasteiger partial charge on any atom is -0.486 e. The van der Waals surface area contributed by atoms with Gasteiger partial charge in [0.05, 0.1) is 5.02 Å². The third-order valence-electron chi connectivity index (χ3n) is 5.44. The van der Waals surface area contributed by atoms with Crippen molar-refractivity contribution in [1.82, 2.24) is 10.6 Å². The van der Waals surface area contributed by atoms with Crippen molar-refractivity contribution in [2.75, 3.05) is 19.8 Å². The van der Waals surface area contributed by atoms with E-state index in [1.165, 1.54) is 12.8 Å². The molecule has 2 atom stereocenters. The van der Waals surface area contributed by atoms with Crippen LogP contribution in [0.4, 0.5) is 0 Å². The zero-order chi connectivity index (χ0) is 17.2. The average molecular weight is 401 g/mol. The lowest BCUT2D eigenvalue weighted by Gasteiger charge is -2.28. The Labute approximate surface area is 165 Å². The molecule has 1 amide bonds. The summed E-state index contributed by atoms with van der Waals surface area (Å²) in [6, 6.07) is 5.12. The highest BCUT2D eigenvalue weighted by Gasteiger charge is 2.34. The number of hydrogen-bond acceptors (Lipinski definition) is 4. The monoisotopic (exact) mass is 400 g/mol. The largest absolute Gasteiger partial charge is 0.486 e. The summed E-state index contributed by atoms with van der Waals surface area (Å²) in [5.41, 5.74) is 1.05. The normalized spacial score (nSPS) is 26.1. The molecule has 4 rings (SSSR count). The van der Waals surface area contributed by atoms with Crippen molar-refractivity contribution in [2.45, 2.75) is 50.6 Å². The second kappa shape index (κ2) is 8.68. The van der Waals surface area contributed by atoms with Gasteiger partial charge in [-0.25, -0.2) is 0 Å². The molecule has 0 radical (unpaired) electrons. The number of benzene rings is 1. The molecule has 26 heavy (non-hydrogen) atoms. The van der Waals surface area contributed by atoms with Gasteiger partial charge in [-0.1, -0.05) is 11.6 Å². The molecule has 0 aliphatic carbocycles. The molecule has 0 aromatic heterocycles. The highest BCUT2D eigenvalue weighted by molar-refractivity contribution is 6.32.